The first-order valence-corrected chi connectivity index (χ1v) is 6.26. The summed E-state index contributed by atoms with van der Waals surface area (Å²) in [5, 5.41) is 3.84. The van der Waals surface area contributed by atoms with Gasteiger partial charge < -0.3 is 10.2 Å². The maximum Gasteiger partial charge on any atom is 0.255 e. The highest BCUT2D eigenvalue weighted by Crippen LogP contribution is 2.22. The summed E-state index contributed by atoms with van der Waals surface area (Å²) in [4.78, 5) is 14.3. The van der Waals surface area contributed by atoms with Gasteiger partial charge in [-0.3, -0.25) is 4.79 Å². The standard InChI is InChI=1S/C13H17ClN2O/c1-9-4-3-5-11(12(9)14)13(17)16-7-6-15-8-10(16)2/h3-5,10,15H,6-8H2,1-2H3/t10-/m0/s1. The van der Waals surface area contributed by atoms with Gasteiger partial charge in [0.1, 0.15) is 0 Å². The zero-order valence-electron chi connectivity index (χ0n) is 10.2. The van der Waals surface area contributed by atoms with Gasteiger partial charge in [0.25, 0.3) is 5.91 Å². The fraction of sp³-hybridized carbons (Fsp3) is 0.462. The molecule has 1 aromatic carbocycles. The van der Waals surface area contributed by atoms with Gasteiger partial charge in [-0.25, -0.2) is 0 Å². The average Bonchev–Trinajstić information content (AvgIpc) is 2.32. The van der Waals surface area contributed by atoms with Crippen LogP contribution >= 0.6 is 11.6 Å². The molecular weight excluding hydrogens is 236 g/mol. The molecule has 2 rings (SSSR count). The third-order valence-corrected chi connectivity index (χ3v) is 3.69. The molecular formula is C13H17ClN2O. The first-order valence-electron chi connectivity index (χ1n) is 5.88. The molecule has 92 valence electrons. The Bertz CT molecular complexity index is 433. The van der Waals surface area contributed by atoms with Crippen LogP contribution in [0.25, 0.3) is 0 Å². The van der Waals surface area contributed by atoms with Gasteiger partial charge in [-0.2, -0.15) is 0 Å². The van der Waals surface area contributed by atoms with E-state index in [0.717, 1.165) is 25.2 Å². The van der Waals surface area contributed by atoms with Gasteiger partial charge in [0.05, 0.1) is 10.6 Å². The van der Waals surface area contributed by atoms with Crippen LogP contribution in [0, 0.1) is 6.92 Å². The number of benzene rings is 1. The van der Waals surface area contributed by atoms with Crippen LogP contribution in [0.2, 0.25) is 5.02 Å². The molecule has 3 nitrogen and oxygen atoms in total. The molecule has 1 heterocycles. The number of aryl methyl sites for hydroxylation is 1. The van der Waals surface area contributed by atoms with Gasteiger partial charge in [-0.1, -0.05) is 23.7 Å². The maximum absolute atomic E-state index is 12.4. The van der Waals surface area contributed by atoms with E-state index in [1.165, 1.54) is 0 Å². The molecule has 0 radical (unpaired) electrons. The molecule has 1 fully saturated rings. The number of nitrogens with one attached hydrogen (secondary N) is 1. The van der Waals surface area contributed by atoms with Gasteiger partial charge in [0.2, 0.25) is 0 Å². The number of rotatable bonds is 1. The Hall–Kier alpha value is -1.06. The van der Waals surface area contributed by atoms with Crippen LogP contribution in [0.3, 0.4) is 0 Å². The van der Waals surface area contributed by atoms with Gasteiger partial charge in [-0.15, -0.1) is 0 Å². The summed E-state index contributed by atoms with van der Waals surface area (Å²) in [6.07, 6.45) is 0. The molecule has 1 aliphatic heterocycles. The van der Waals surface area contributed by atoms with Crippen molar-refractivity contribution in [1.29, 1.82) is 0 Å². The Balaban J connectivity index is 2.27. The Morgan fingerprint density at radius 3 is 3.00 bits per heavy atom. The van der Waals surface area contributed by atoms with Crippen molar-refractivity contribution in [1.82, 2.24) is 10.2 Å². The number of halogens is 1. The van der Waals surface area contributed by atoms with E-state index in [1.807, 2.05) is 30.9 Å². The third-order valence-electron chi connectivity index (χ3n) is 3.18. The second-order valence-electron chi connectivity index (χ2n) is 4.49. The van der Waals surface area contributed by atoms with E-state index in [-0.39, 0.29) is 11.9 Å². The third kappa shape index (κ3) is 2.45. The number of hydrogen-bond acceptors (Lipinski definition) is 2. The molecule has 0 unspecified atom stereocenters. The minimum Gasteiger partial charge on any atom is -0.333 e. The zero-order valence-corrected chi connectivity index (χ0v) is 10.9. The highest BCUT2D eigenvalue weighted by Gasteiger charge is 2.25. The highest BCUT2D eigenvalue weighted by atomic mass is 35.5. The molecule has 0 spiro atoms. The fourth-order valence-electron chi connectivity index (χ4n) is 2.11. The summed E-state index contributed by atoms with van der Waals surface area (Å²) >= 11 is 6.19. The summed E-state index contributed by atoms with van der Waals surface area (Å²) in [6, 6.07) is 5.81. The topological polar surface area (TPSA) is 32.3 Å². The fourth-order valence-corrected chi connectivity index (χ4v) is 2.32. The van der Waals surface area contributed by atoms with Crippen LogP contribution in [0.4, 0.5) is 0 Å². The van der Waals surface area contributed by atoms with Crippen LogP contribution in [0.5, 0.6) is 0 Å². The van der Waals surface area contributed by atoms with Crippen molar-refractivity contribution >= 4 is 17.5 Å². The minimum atomic E-state index is 0.0349. The summed E-state index contributed by atoms with van der Waals surface area (Å²) < 4.78 is 0. The molecule has 1 amide bonds. The molecule has 0 bridgehead atoms. The van der Waals surface area contributed by atoms with Crippen molar-refractivity contribution in [2.75, 3.05) is 19.6 Å². The molecule has 17 heavy (non-hydrogen) atoms. The van der Waals surface area contributed by atoms with Crippen molar-refractivity contribution in [3.63, 3.8) is 0 Å². The van der Waals surface area contributed by atoms with E-state index < -0.39 is 0 Å². The van der Waals surface area contributed by atoms with Crippen molar-refractivity contribution in [3.05, 3.63) is 34.3 Å². The van der Waals surface area contributed by atoms with E-state index in [0.29, 0.717) is 10.6 Å². The number of piperazine rings is 1. The average molecular weight is 253 g/mol. The van der Waals surface area contributed by atoms with E-state index in [9.17, 15) is 4.79 Å². The summed E-state index contributed by atoms with van der Waals surface area (Å²) in [7, 11) is 0. The minimum absolute atomic E-state index is 0.0349. The zero-order chi connectivity index (χ0) is 12.4. The maximum atomic E-state index is 12.4. The van der Waals surface area contributed by atoms with Gasteiger partial charge in [0, 0.05) is 25.7 Å². The second kappa shape index (κ2) is 5.07. The SMILES string of the molecule is Cc1cccc(C(=O)N2CCNC[C@@H]2C)c1Cl. The monoisotopic (exact) mass is 252 g/mol. The molecule has 1 atom stereocenters. The molecule has 1 N–H and O–H groups in total. The van der Waals surface area contributed by atoms with Crippen molar-refractivity contribution in [2.45, 2.75) is 19.9 Å². The molecule has 1 saturated heterocycles. The molecule has 0 saturated carbocycles. The summed E-state index contributed by atoms with van der Waals surface area (Å²) in [6.45, 7) is 6.40. The Kier molecular flexibility index (Phi) is 3.69. The van der Waals surface area contributed by atoms with Gasteiger partial charge in [-0.05, 0) is 25.5 Å². The van der Waals surface area contributed by atoms with Gasteiger partial charge >= 0.3 is 0 Å². The second-order valence-corrected chi connectivity index (χ2v) is 4.87. The Morgan fingerprint density at radius 2 is 2.29 bits per heavy atom. The van der Waals surface area contributed by atoms with E-state index in [2.05, 4.69) is 5.32 Å². The van der Waals surface area contributed by atoms with Crippen LogP contribution in [0.15, 0.2) is 18.2 Å². The number of nitrogens with zero attached hydrogens (tertiary/aromatic N) is 1. The lowest BCUT2D eigenvalue weighted by Crippen LogP contribution is -2.52. The first-order chi connectivity index (χ1) is 8.11. The smallest absolute Gasteiger partial charge is 0.255 e. The molecule has 0 aliphatic carbocycles. The molecule has 4 heteroatoms. The lowest BCUT2D eigenvalue weighted by atomic mass is 10.1. The van der Waals surface area contributed by atoms with Crippen molar-refractivity contribution < 1.29 is 4.79 Å². The quantitative estimate of drug-likeness (QED) is 0.830. The molecule has 1 aromatic rings. The molecule has 1 aliphatic rings. The molecule has 0 aromatic heterocycles. The largest absolute Gasteiger partial charge is 0.333 e. The van der Waals surface area contributed by atoms with Crippen LogP contribution < -0.4 is 5.32 Å². The van der Waals surface area contributed by atoms with Crippen LogP contribution in [-0.2, 0) is 0 Å². The predicted molar refractivity (Wildman–Crippen MR) is 69.6 cm³/mol. The highest BCUT2D eigenvalue weighted by molar-refractivity contribution is 6.34. The van der Waals surface area contributed by atoms with E-state index in [1.54, 1.807) is 6.07 Å². The van der Waals surface area contributed by atoms with Crippen LogP contribution in [0.1, 0.15) is 22.8 Å². The number of amides is 1. The van der Waals surface area contributed by atoms with Gasteiger partial charge in [0.15, 0.2) is 0 Å². The number of carbonyl (C=O) groups excluding carboxylic acids is 1. The summed E-state index contributed by atoms with van der Waals surface area (Å²) in [5.41, 5.74) is 1.56. The summed E-state index contributed by atoms with van der Waals surface area (Å²) in [5.74, 6) is 0.0349. The van der Waals surface area contributed by atoms with Crippen LogP contribution in [-0.4, -0.2) is 36.5 Å². The van der Waals surface area contributed by atoms with E-state index in [4.69, 9.17) is 11.6 Å². The normalized spacial score (nSPS) is 20.4. The number of carbonyl (C=O) groups is 1. The van der Waals surface area contributed by atoms with Crippen molar-refractivity contribution in [2.24, 2.45) is 0 Å². The van der Waals surface area contributed by atoms with E-state index >= 15 is 0 Å². The lowest BCUT2D eigenvalue weighted by molar-refractivity contribution is 0.0656. The van der Waals surface area contributed by atoms with Crippen molar-refractivity contribution in [3.8, 4) is 0 Å². The number of hydrogen-bond donors (Lipinski definition) is 1. The predicted octanol–water partition coefficient (Wildman–Crippen LogP) is 2.08. The Labute approximate surface area is 107 Å². The lowest BCUT2D eigenvalue weighted by Gasteiger charge is -2.34. The Morgan fingerprint density at radius 1 is 1.53 bits per heavy atom. The first kappa shape index (κ1) is 12.4.